The molecule has 0 bridgehead atoms. The maximum absolute atomic E-state index is 12.2. The van der Waals surface area contributed by atoms with Crippen LogP contribution in [0, 0.1) is 11.8 Å². The minimum atomic E-state index is -0.393. The van der Waals surface area contributed by atoms with Gasteiger partial charge in [-0.15, -0.1) is 0 Å². The zero-order valence-electron chi connectivity index (χ0n) is 14.8. The highest BCUT2D eigenvalue weighted by atomic mass is 16.5. The van der Waals surface area contributed by atoms with Crippen LogP contribution in [-0.2, 0) is 14.3 Å². The summed E-state index contributed by atoms with van der Waals surface area (Å²) in [5.41, 5.74) is 1.65. The molecule has 2 aliphatic rings. The van der Waals surface area contributed by atoms with Crippen molar-refractivity contribution < 1.29 is 19.4 Å². The zero-order chi connectivity index (χ0) is 18.0. The minimum Gasteiger partial charge on any atom is -0.394 e. The monoisotopic (exact) mass is 346 g/mol. The fourth-order valence-corrected chi connectivity index (χ4v) is 3.19. The van der Waals surface area contributed by atoms with E-state index < -0.39 is 6.04 Å². The van der Waals surface area contributed by atoms with Gasteiger partial charge in [0.15, 0.2) is 0 Å². The molecule has 6 heteroatoms. The van der Waals surface area contributed by atoms with Gasteiger partial charge >= 0.3 is 0 Å². The molecular weight excluding hydrogens is 320 g/mol. The lowest BCUT2D eigenvalue weighted by atomic mass is 9.98. The predicted octanol–water partition coefficient (Wildman–Crippen LogP) is 1.95. The first-order valence-corrected chi connectivity index (χ1v) is 8.92. The van der Waals surface area contributed by atoms with E-state index in [1.54, 1.807) is 4.90 Å². The van der Waals surface area contributed by atoms with E-state index in [9.17, 15) is 14.7 Å². The molecule has 1 aromatic rings. The summed E-state index contributed by atoms with van der Waals surface area (Å²) in [6.45, 7) is 4.56. The van der Waals surface area contributed by atoms with E-state index in [1.807, 2.05) is 38.1 Å². The van der Waals surface area contributed by atoms with E-state index in [4.69, 9.17) is 4.74 Å². The number of anilines is 1. The number of aliphatic hydroxyl groups is 1. The molecule has 2 fully saturated rings. The van der Waals surface area contributed by atoms with Gasteiger partial charge in [-0.3, -0.25) is 9.59 Å². The Morgan fingerprint density at radius 3 is 2.56 bits per heavy atom. The van der Waals surface area contributed by atoms with Crippen LogP contribution in [0.1, 0.15) is 38.4 Å². The molecule has 0 radical (unpaired) electrons. The number of nitrogens with one attached hydrogen (secondary N) is 1. The van der Waals surface area contributed by atoms with Gasteiger partial charge in [-0.2, -0.15) is 0 Å². The topological polar surface area (TPSA) is 78.9 Å². The minimum absolute atomic E-state index is 0.0219. The zero-order valence-corrected chi connectivity index (χ0v) is 14.8. The van der Waals surface area contributed by atoms with E-state index in [2.05, 4.69) is 5.32 Å². The van der Waals surface area contributed by atoms with Crippen molar-refractivity contribution in [3.8, 4) is 0 Å². The molecule has 1 aliphatic heterocycles. The van der Waals surface area contributed by atoms with E-state index in [-0.39, 0.29) is 37.0 Å². The van der Waals surface area contributed by atoms with Crippen LogP contribution in [0.15, 0.2) is 24.3 Å². The van der Waals surface area contributed by atoms with Crippen LogP contribution in [-0.4, -0.2) is 47.6 Å². The molecule has 2 atom stereocenters. The smallest absolute Gasteiger partial charge is 0.249 e. The third kappa shape index (κ3) is 4.19. The van der Waals surface area contributed by atoms with Crippen molar-refractivity contribution in [3.63, 3.8) is 0 Å². The molecule has 1 saturated heterocycles. The number of amides is 2. The summed E-state index contributed by atoms with van der Waals surface area (Å²) < 4.78 is 5.72. The Morgan fingerprint density at radius 2 is 2.00 bits per heavy atom. The van der Waals surface area contributed by atoms with Crippen molar-refractivity contribution in [1.82, 2.24) is 4.90 Å². The molecule has 0 aromatic heterocycles. The summed E-state index contributed by atoms with van der Waals surface area (Å²) in [6, 6.07) is 7.07. The summed E-state index contributed by atoms with van der Waals surface area (Å²) in [5.74, 6) is 0.466. The third-order valence-corrected chi connectivity index (χ3v) is 4.66. The van der Waals surface area contributed by atoms with Crippen LogP contribution >= 0.6 is 0 Å². The number of hydrogen-bond donors (Lipinski definition) is 2. The molecule has 2 amide bonds. The Morgan fingerprint density at radius 1 is 1.32 bits per heavy atom. The molecule has 2 N–H and O–H groups in total. The van der Waals surface area contributed by atoms with E-state index in [0.717, 1.165) is 24.1 Å². The second kappa shape index (κ2) is 7.54. The molecule has 136 valence electrons. The predicted molar refractivity (Wildman–Crippen MR) is 93.9 cm³/mol. The van der Waals surface area contributed by atoms with Crippen molar-refractivity contribution in [2.45, 2.75) is 38.8 Å². The average Bonchev–Trinajstić information content (AvgIpc) is 3.42. The normalized spacial score (nSPS) is 23.8. The molecule has 0 unspecified atom stereocenters. The van der Waals surface area contributed by atoms with Gasteiger partial charge in [0, 0.05) is 18.2 Å². The molecule has 1 heterocycles. The Bertz CT molecular complexity index is 625. The number of benzene rings is 1. The highest BCUT2D eigenvalue weighted by Crippen LogP contribution is 2.32. The molecule has 1 saturated carbocycles. The van der Waals surface area contributed by atoms with Gasteiger partial charge in [0.1, 0.15) is 12.7 Å². The number of rotatable bonds is 6. The number of ether oxygens (including phenoxy) is 1. The standard InChI is InChI=1S/C19H26N2O4/c1-12(2)9-21-16(10-22)18(25-11-17(21)23)13-5-7-15(8-6-13)20-19(24)14-3-4-14/h5-8,12,14,16,18,22H,3-4,9-11H2,1-2H3,(H,20,24)/t16-,18-/m1/s1. The largest absolute Gasteiger partial charge is 0.394 e. The van der Waals surface area contributed by atoms with E-state index in [0.29, 0.717) is 12.5 Å². The maximum Gasteiger partial charge on any atom is 0.249 e. The van der Waals surface area contributed by atoms with Crippen LogP contribution < -0.4 is 5.32 Å². The highest BCUT2D eigenvalue weighted by Gasteiger charge is 2.37. The summed E-state index contributed by atoms with van der Waals surface area (Å²) in [4.78, 5) is 25.7. The van der Waals surface area contributed by atoms with Gasteiger partial charge in [-0.25, -0.2) is 0 Å². The van der Waals surface area contributed by atoms with E-state index >= 15 is 0 Å². The molecule has 1 aromatic carbocycles. The Balaban J connectivity index is 1.72. The molecule has 0 spiro atoms. The molecular formula is C19H26N2O4. The quantitative estimate of drug-likeness (QED) is 0.825. The molecule has 1 aliphatic carbocycles. The number of carbonyl (C=O) groups is 2. The van der Waals surface area contributed by atoms with Gasteiger partial charge in [-0.05, 0) is 36.5 Å². The first-order valence-electron chi connectivity index (χ1n) is 8.92. The lowest BCUT2D eigenvalue weighted by Gasteiger charge is -2.41. The fraction of sp³-hybridized carbons (Fsp3) is 0.579. The Hall–Kier alpha value is -1.92. The second-order valence-electron chi connectivity index (χ2n) is 7.31. The molecule has 3 rings (SSSR count). The van der Waals surface area contributed by atoms with Crippen LogP contribution in [0.2, 0.25) is 0 Å². The Kier molecular flexibility index (Phi) is 5.39. The summed E-state index contributed by atoms with van der Waals surface area (Å²) in [7, 11) is 0. The first-order chi connectivity index (χ1) is 12.0. The number of nitrogens with zero attached hydrogens (tertiary/aromatic N) is 1. The highest BCUT2D eigenvalue weighted by molar-refractivity contribution is 5.94. The number of aliphatic hydroxyl groups excluding tert-OH is 1. The van der Waals surface area contributed by atoms with Crippen LogP contribution in [0.5, 0.6) is 0 Å². The van der Waals surface area contributed by atoms with E-state index in [1.165, 1.54) is 0 Å². The number of carbonyl (C=O) groups excluding carboxylic acids is 2. The number of morpholine rings is 1. The van der Waals surface area contributed by atoms with Crippen molar-refractivity contribution in [1.29, 1.82) is 0 Å². The molecule has 25 heavy (non-hydrogen) atoms. The third-order valence-electron chi connectivity index (χ3n) is 4.66. The Labute approximate surface area is 148 Å². The van der Waals surface area contributed by atoms with Crippen LogP contribution in [0.25, 0.3) is 0 Å². The van der Waals surface area contributed by atoms with Gasteiger partial charge in [-0.1, -0.05) is 26.0 Å². The van der Waals surface area contributed by atoms with Crippen LogP contribution in [0.3, 0.4) is 0 Å². The van der Waals surface area contributed by atoms with Gasteiger partial charge < -0.3 is 20.1 Å². The van der Waals surface area contributed by atoms with Crippen molar-refractivity contribution in [2.75, 3.05) is 25.1 Å². The van der Waals surface area contributed by atoms with Gasteiger partial charge in [0.25, 0.3) is 0 Å². The average molecular weight is 346 g/mol. The van der Waals surface area contributed by atoms with Crippen LogP contribution in [0.4, 0.5) is 5.69 Å². The van der Waals surface area contributed by atoms with Gasteiger partial charge in [0.2, 0.25) is 11.8 Å². The summed E-state index contributed by atoms with van der Waals surface area (Å²) >= 11 is 0. The first kappa shape index (κ1) is 17.9. The molecule has 6 nitrogen and oxygen atoms in total. The maximum atomic E-state index is 12.2. The van der Waals surface area contributed by atoms with Crippen molar-refractivity contribution >= 4 is 17.5 Å². The lowest BCUT2D eigenvalue weighted by molar-refractivity contribution is -0.161. The lowest BCUT2D eigenvalue weighted by Crippen LogP contribution is -2.53. The second-order valence-corrected chi connectivity index (χ2v) is 7.31. The fourth-order valence-electron chi connectivity index (χ4n) is 3.19. The summed E-state index contributed by atoms with van der Waals surface area (Å²) in [6.07, 6.45) is 1.57. The van der Waals surface area contributed by atoms with Crippen molar-refractivity contribution in [3.05, 3.63) is 29.8 Å². The SMILES string of the molecule is CC(C)CN1C(=O)CO[C@H](c2ccc(NC(=O)C3CC3)cc2)[C@H]1CO. The van der Waals surface area contributed by atoms with Gasteiger partial charge in [0.05, 0.1) is 12.6 Å². The van der Waals surface area contributed by atoms with Crippen molar-refractivity contribution in [2.24, 2.45) is 11.8 Å². The summed E-state index contributed by atoms with van der Waals surface area (Å²) in [5, 5.41) is 12.7. The number of hydrogen-bond acceptors (Lipinski definition) is 4.